The van der Waals surface area contributed by atoms with Gasteiger partial charge in [-0.25, -0.2) is 9.97 Å². The van der Waals surface area contributed by atoms with Crippen molar-refractivity contribution in [2.45, 2.75) is 13.8 Å². The molecule has 2 aromatic rings. The summed E-state index contributed by atoms with van der Waals surface area (Å²) < 4.78 is 11.1. The molecular weight excluding hydrogens is 292 g/mol. The first-order chi connectivity index (χ1) is 10.2. The van der Waals surface area contributed by atoms with Crippen LogP contribution in [0, 0.1) is 0 Å². The lowest BCUT2D eigenvalue weighted by molar-refractivity contribution is 0.112. The third-order valence-electron chi connectivity index (χ3n) is 2.77. The van der Waals surface area contributed by atoms with E-state index in [1.807, 2.05) is 13.8 Å². The molecule has 0 spiro atoms. The van der Waals surface area contributed by atoms with E-state index in [0.717, 1.165) is 0 Å². The molecule has 0 fully saturated rings. The van der Waals surface area contributed by atoms with Crippen molar-refractivity contribution in [3.63, 3.8) is 0 Å². The first-order valence-corrected chi connectivity index (χ1v) is 6.94. The molecule has 0 aliphatic heterocycles. The van der Waals surface area contributed by atoms with E-state index in [0.29, 0.717) is 42.3 Å². The molecule has 0 bridgehead atoms. The molecule has 0 N–H and O–H groups in total. The average molecular weight is 307 g/mol. The SMILES string of the molecule is CCOc1ccc(-c2ncnc(Cl)c2C=O)cc1OCC. The Bertz CT molecular complexity index is 647. The van der Waals surface area contributed by atoms with Crippen LogP contribution in [0.3, 0.4) is 0 Å². The topological polar surface area (TPSA) is 61.3 Å². The molecule has 0 aliphatic carbocycles. The van der Waals surface area contributed by atoms with Gasteiger partial charge in [-0.3, -0.25) is 4.79 Å². The summed E-state index contributed by atoms with van der Waals surface area (Å²) in [6, 6.07) is 5.37. The third-order valence-corrected chi connectivity index (χ3v) is 3.07. The Balaban J connectivity index is 2.52. The second kappa shape index (κ2) is 7.04. The smallest absolute Gasteiger partial charge is 0.161 e. The van der Waals surface area contributed by atoms with Crippen LogP contribution in [0.2, 0.25) is 5.15 Å². The van der Waals surface area contributed by atoms with Crippen LogP contribution in [-0.2, 0) is 0 Å². The fourth-order valence-electron chi connectivity index (χ4n) is 1.91. The van der Waals surface area contributed by atoms with Gasteiger partial charge in [0.1, 0.15) is 11.5 Å². The number of nitrogens with zero attached hydrogens (tertiary/aromatic N) is 2. The van der Waals surface area contributed by atoms with Crippen LogP contribution in [0.15, 0.2) is 24.5 Å². The van der Waals surface area contributed by atoms with Crippen LogP contribution in [0.4, 0.5) is 0 Å². The first-order valence-electron chi connectivity index (χ1n) is 6.56. The van der Waals surface area contributed by atoms with Gasteiger partial charge in [-0.05, 0) is 32.0 Å². The Hall–Kier alpha value is -2.14. The van der Waals surface area contributed by atoms with Crippen LogP contribution in [0.25, 0.3) is 11.3 Å². The number of aromatic nitrogens is 2. The number of halogens is 1. The zero-order valence-electron chi connectivity index (χ0n) is 11.8. The van der Waals surface area contributed by atoms with Crippen molar-refractivity contribution in [2.75, 3.05) is 13.2 Å². The van der Waals surface area contributed by atoms with Crippen LogP contribution in [0.5, 0.6) is 11.5 Å². The molecule has 0 amide bonds. The predicted molar refractivity (Wildman–Crippen MR) is 80.2 cm³/mol. The highest BCUT2D eigenvalue weighted by molar-refractivity contribution is 6.32. The number of rotatable bonds is 6. The van der Waals surface area contributed by atoms with E-state index in [9.17, 15) is 4.79 Å². The van der Waals surface area contributed by atoms with Crippen molar-refractivity contribution >= 4 is 17.9 Å². The Morgan fingerprint density at radius 3 is 2.52 bits per heavy atom. The third kappa shape index (κ3) is 3.31. The first kappa shape index (κ1) is 15.3. The van der Waals surface area contributed by atoms with Gasteiger partial charge in [0.2, 0.25) is 0 Å². The second-order valence-corrected chi connectivity index (χ2v) is 4.43. The minimum atomic E-state index is 0.127. The maximum atomic E-state index is 11.2. The number of benzene rings is 1. The summed E-state index contributed by atoms with van der Waals surface area (Å²) in [5, 5.41) is 0.127. The summed E-state index contributed by atoms with van der Waals surface area (Å²) >= 11 is 5.92. The summed E-state index contributed by atoms with van der Waals surface area (Å²) in [5.41, 5.74) is 1.44. The highest BCUT2D eigenvalue weighted by Crippen LogP contribution is 2.33. The van der Waals surface area contributed by atoms with Crippen molar-refractivity contribution in [3.05, 3.63) is 35.2 Å². The molecule has 1 heterocycles. The quantitative estimate of drug-likeness (QED) is 0.604. The van der Waals surface area contributed by atoms with Gasteiger partial charge in [-0.15, -0.1) is 0 Å². The normalized spacial score (nSPS) is 10.2. The standard InChI is InChI=1S/C15H15ClN2O3/c1-3-20-12-6-5-10(7-13(12)21-4-2)14-11(8-19)15(16)18-9-17-14/h5-9H,3-4H2,1-2H3. The molecule has 1 aromatic heterocycles. The van der Waals surface area contributed by atoms with E-state index in [1.54, 1.807) is 18.2 Å². The van der Waals surface area contributed by atoms with E-state index in [2.05, 4.69) is 9.97 Å². The predicted octanol–water partition coefficient (Wildman–Crippen LogP) is 3.41. The molecule has 110 valence electrons. The van der Waals surface area contributed by atoms with E-state index >= 15 is 0 Å². The molecule has 0 aliphatic rings. The molecule has 0 radical (unpaired) electrons. The molecule has 0 saturated heterocycles. The summed E-state index contributed by atoms with van der Waals surface area (Å²) in [6.45, 7) is 4.84. The molecular formula is C15H15ClN2O3. The average Bonchev–Trinajstić information content (AvgIpc) is 2.49. The van der Waals surface area contributed by atoms with Gasteiger partial charge < -0.3 is 9.47 Å². The van der Waals surface area contributed by atoms with Gasteiger partial charge in [-0.2, -0.15) is 0 Å². The number of carbonyl (C=O) groups excluding carboxylic acids is 1. The Morgan fingerprint density at radius 2 is 1.86 bits per heavy atom. The molecule has 1 aromatic carbocycles. The van der Waals surface area contributed by atoms with Gasteiger partial charge in [0.15, 0.2) is 17.8 Å². The van der Waals surface area contributed by atoms with Gasteiger partial charge in [-0.1, -0.05) is 11.6 Å². The zero-order chi connectivity index (χ0) is 15.2. The molecule has 6 heteroatoms. The molecule has 0 atom stereocenters. The lowest BCUT2D eigenvalue weighted by atomic mass is 10.1. The zero-order valence-corrected chi connectivity index (χ0v) is 12.6. The van der Waals surface area contributed by atoms with E-state index in [1.165, 1.54) is 6.33 Å². The fraction of sp³-hybridized carbons (Fsp3) is 0.267. The molecule has 21 heavy (non-hydrogen) atoms. The summed E-state index contributed by atoms with van der Waals surface area (Å²) in [6.07, 6.45) is 1.97. The fourth-order valence-corrected chi connectivity index (χ4v) is 2.08. The van der Waals surface area contributed by atoms with Crippen LogP contribution < -0.4 is 9.47 Å². The Morgan fingerprint density at radius 1 is 1.14 bits per heavy atom. The number of aldehydes is 1. The molecule has 2 rings (SSSR count). The minimum absolute atomic E-state index is 0.127. The van der Waals surface area contributed by atoms with Gasteiger partial charge in [0, 0.05) is 5.56 Å². The second-order valence-electron chi connectivity index (χ2n) is 4.07. The van der Waals surface area contributed by atoms with Crippen molar-refractivity contribution < 1.29 is 14.3 Å². The number of hydrogen-bond acceptors (Lipinski definition) is 5. The summed E-state index contributed by atoms with van der Waals surface area (Å²) in [5.74, 6) is 1.25. The van der Waals surface area contributed by atoms with Crippen LogP contribution in [-0.4, -0.2) is 29.5 Å². The summed E-state index contributed by atoms with van der Waals surface area (Å²) in [4.78, 5) is 19.1. The van der Waals surface area contributed by atoms with Crippen molar-refractivity contribution in [1.29, 1.82) is 0 Å². The van der Waals surface area contributed by atoms with Gasteiger partial charge in [0.05, 0.1) is 24.5 Å². The largest absolute Gasteiger partial charge is 0.490 e. The van der Waals surface area contributed by atoms with Gasteiger partial charge >= 0.3 is 0 Å². The lowest BCUT2D eigenvalue weighted by Crippen LogP contribution is -2.00. The number of ether oxygens (including phenoxy) is 2. The molecule has 0 saturated carbocycles. The maximum absolute atomic E-state index is 11.2. The number of hydrogen-bond donors (Lipinski definition) is 0. The molecule has 5 nitrogen and oxygen atoms in total. The molecule has 0 unspecified atom stereocenters. The highest BCUT2D eigenvalue weighted by atomic mass is 35.5. The van der Waals surface area contributed by atoms with Crippen LogP contribution >= 0.6 is 11.6 Å². The minimum Gasteiger partial charge on any atom is -0.490 e. The maximum Gasteiger partial charge on any atom is 0.161 e. The lowest BCUT2D eigenvalue weighted by Gasteiger charge is -2.13. The monoisotopic (exact) mass is 306 g/mol. The summed E-state index contributed by atoms with van der Waals surface area (Å²) in [7, 11) is 0. The van der Waals surface area contributed by atoms with E-state index in [-0.39, 0.29) is 10.7 Å². The van der Waals surface area contributed by atoms with Crippen molar-refractivity contribution in [1.82, 2.24) is 9.97 Å². The van der Waals surface area contributed by atoms with Crippen molar-refractivity contribution in [2.24, 2.45) is 0 Å². The Kier molecular flexibility index (Phi) is 5.11. The Labute approximate surface area is 127 Å². The van der Waals surface area contributed by atoms with Gasteiger partial charge in [0.25, 0.3) is 0 Å². The van der Waals surface area contributed by atoms with E-state index < -0.39 is 0 Å². The van der Waals surface area contributed by atoms with Crippen molar-refractivity contribution in [3.8, 4) is 22.8 Å². The number of carbonyl (C=O) groups is 1. The van der Waals surface area contributed by atoms with E-state index in [4.69, 9.17) is 21.1 Å². The highest BCUT2D eigenvalue weighted by Gasteiger charge is 2.14. The van der Waals surface area contributed by atoms with Crippen LogP contribution in [0.1, 0.15) is 24.2 Å².